The molecule has 2 aromatic rings. The second-order valence-electron chi connectivity index (χ2n) is 13.0. The van der Waals surface area contributed by atoms with E-state index in [0.29, 0.717) is 11.5 Å². The molecule has 0 fully saturated rings. The van der Waals surface area contributed by atoms with Gasteiger partial charge in [0.2, 0.25) is 0 Å². The van der Waals surface area contributed by atoms with E-state index in [1.54, 1.807) is 23.5 Å². The highest BCUT2D eigenvalue weighted by atomic mass is 32.2. The van der Waals surface area contributed by atoms with E-state index in [0.717, 1.165) is 79.8 Å². The van der Waals surface area contributed by atoms with Gasteiger partial charge >= 0.3 is 11.9 Å². The van der Waals surface area contributed by atoms with Gasteiger partial charge in [0.1, 0.15) is 36.9 Å². The third-order valence-corrected chi connectivity index (χ3v) is 14.7. The molecule has 12 heteroatoms. The molecule has 0 saturated carbocycles. The average Bonchev–Trinajstić information content (AvgIpc) is 3.12. The first-order chi connectivity index (χ1) is 25.4. The summed E-state index contributed by atoms with van der Waals surface area (Å²) in [5.41, 5.74) is 6.18. The average molecular weight is 841 g/mol. The molecule has 0 aromatic heterocycles. The molecule has 0 spiro atoms. The van der Waals surface area contributed by atoms with Gasteiger partial charge in [-0.2, -0.15) is 70.6 Å². The van der Waals surface area contributed by atoms with Gasteiger partial charge in [0, 0.05) is 75.1 Å². The molecule has 6 nitrogen and oxygen atoms in total. The summed E-state index contributed by atoms with van der Waals surface area (Å²) in [6.07, 6.45) is 5.93. The van der Waals surface area contributed by atoms with Crippen LogP contribution in [0.3, 0.4) is 0 Å². The molecule has 0 aliphatic rings. The van der Waals surface area contributed by atoms with E-state index in [1.165, 1.54) is 23.3 Å². The standard InChI is InChI=1S/C41H60O6S6/c1-11-37(42)46-35(27-52-19-17-50-15-13-48-9)25-44-39-29(3)21-33(22-30(39)4)41(7,8)34-23-31(5)40(32(6)24-34)45-26-36(47-38(43)12-2)28-53-20-18-51-16-14-49-10/h11-12,21-24,35-36H,1-2,13-20,25-28H2,3-10H3. The van der Waals surface area contributed by atoms with Crippen LogP contribution >= 0.6 is 70.6 Å². The lowest BCUT2D eigenvalue weighted by atomic mass is 9.76. The number of aryl methyl sites for hydroxylation is 4. The Kier molecular flexibility index (Phi) is 23.8. The zero-order valence-electron chi connectivity index (χ0n) is 32.9. The van der Waals surface area contributed by atoms with Crippen molar-refractivity contribution in [3.05, 3.63) is 83.0 Å². The third kappa shape index (κ3) is 17.5. The molecule has 0 aliphatic carbocycles. The van der Waals surface area contributed by atoms with Crippen molar-refractivity contribution in [2.75, 3.05) is 83.3 Å². The second kappa shape index (κ2) is 26.4. The number of esters is 2. The Hall–Kier alpha value is -1.44. The fourth-order valence-corrected chi connectivity index (χ4v) is 11.2. The molecular formula is C41H60O6S6. The van der Waals surface area contributed by atoms with Gasteiger partial charge in [-0.25, -0.2) is 9.59 Å². The highest BCUT2D eigenvalue weighted by Gasteiger charge is 2.27. The summed E-state index contributed by atoms with van der Waals surface area (Å²) in [7, 11) is 0. The molecule has 2 atom stereocenters. The van der Waals surface area contributed by atoms with Crippen LogP contribution in [0, 0.1) is 27.7 Å². The van der Waals surface area contributed by atoms with Crippen molar-refractivity contribution < 1.29 is 28.5 Å². The van der Waals surface area contributed by atoms with Crippen molar-refractivity contribution in [2.24, 2.45) is 0 Å². The van der Waals surface area contributed by atoms with Crippen LogP contribution in [-0.2, 0) is 24.5 Å². The Morgan fingerprint density at radius 1 is 0.604 bits per heavy atom. The predicted octanol–water partition coefficient (Wildman–Crippen LogP) is 9.86. The zero-order chi connectivity index (χ0) is 39.2. The van der Waals surface area contributed by atoms with E-state index in [2.05, 4.69) is 91.5 Å². The highest BCUT2D eigenvalue weighted by molar-refractivity contribution is 8.04. The monoisotopic (exact) mass is 840 g/mol. The molecule has 0 amide bonds. The van der Waals surface area contributed by atoms with Crippen LogP contribution in [0.1, 0.15) is 47.2 Å². The van der Waals surface area contributed by atoms with Crippen molar-refractivity contribution in [2.45, 2.75) is 59.2 Å². The van der Waals surface area contributed by atoms with E-state index < -0.39 is 11.9 Å². The maximum absolute atomic E-state index is 12.1. The van der Waals surface area contributed by atoms with Gasteiger partial charge in [-0.1, -0.05) is 51.3 Å². The smallest absolute Gasteiger partial charge is 0.330 e. The Bertz CT molecular complexity index is 1300. The van der Waals surface area contributed by atoms with Crippen molar-refractivity contribution in [3.8, 4) is 11.5 Å². The molecule has 2 rings (SSSR count). The molecular weight excluding hydrogens is 781 g/mol. The summed E-state index contributed by atoms with van der Waals surface area (Å²) in [5, 5.41) is 0. The largest absolute Gasteiger partial charge is 0.489 e. The van der Waals surface area contributed by atoms with Crippen LogP contribution in [0.25, 0.3) is 0 Å². The molecule has 0 N–H and O–H groups in total. The van der Waals surface area contributed by atoms with Gasteiger partial charge in [0.05, 0.1) is 0 Å². The Labute approximate surface area is 345 Å². The molecule has 2 unspecified atom stereocenters. The maximum Gasteiger partial charge on any atom is 0.330 e. The summed E-state index contributed by atoms with van der Waals surface area (Å²) in [6, 6.07) is 8.78. The van der Waals surface area contributed by atoms with Crippen LogP contribution in [0.4, 0.5) is 0 Å². The fraction of sp³-hybridized carbons (Fsp3) is 0.561. The van der Waals surface area contributed by atoms with Gasteiger partial charge in [0.15, 0.2) is 0 Å². The topological polar surface area (TPSA) is 71.1 Å². The zero-order valence-corrected chi connectivity index (χ0v) is 37.8. The number of carbonyl (C=O) groups excluding carboxylic acids is 2. The second-order valence-corrected chi connectivity index (χ2v) is 19.7. The fourth-order valence-electron chi connectivity index (χ4n) is 5.41. The van der Waals surface area contributed by atoms with Crippen LogP contribution in [0.2, 0.25) is 0 Å². The summed E-state index contributed by atoms with van der Waals surface area (Å²) in [5.74, 6) is 10.9. The van der Waals surface area contributed by atoms with Crippen molar-refractivity contribution in [1.82, 2.24) is 0 Å². The first-order valence-corrected chi connectivity index (χ1v) is 25.2. The first kappa shape index (κ1) is 47.7. The van der Waals surface area contributed by atoms with E-state index in [4.69, 9.17) is 18.9 Å². The molecule has 0 saturated heterocycles. The molecule has 296 valence electrons. The van der Waals surface area contributed by atoms with Gasteiger partial charge in [-0.05, 0) is 73.6 Å². The Morgan fingerprint density at radius 2 is 0.925 bits per heavy atom. The minimum atomic E-state index is -0.432. The summed E-state index contributed by atoms with van der Waals surface area (Å²) in [6.45, 7) is 20.4. The quantitative estimate of drug-likeness (QED) is 0.0466. The molecule has 53 heavy (non-hydrogen) atoms. The number of thioether (sulfide) groups is 6. The minimum Gasteiger partial charge on any atom is -0.489 e. The van der Waals surface area contributed by atoms with Crippen LogP contribution < -0.4 is 9.47 Å². The lowest BCUT2D eigenvalue weighted by Gasteiger charge is -2.30. The van der Waals surface area contributed by atoms with Gasteiger partial charge in [-0.15, -0.1) is 0 Å². The summed E-state index contributed by atoms with van der Waals surface area (Å²) < 4.78 is 24.0. The number of benzene rings is 2. The van der Waals surface area contributed by atoms with E-state index in [9.17, 15) is 9.59 Å². The Balaban J connectivity index is 2.13. The molecule has 0 heterocycles. The van der Waals surface area contributed by atoms with Crippen molar-refractivity contribution in [1.29, 1.82) is 0 Å². The first-order valence-electron chi connectivity index (χ1n) is 17.8. The Morgan fingerprint density at radius 3 is 1.25 bits per heavy atom. The SMILES string of the molecule is C=CC(=O)OC(COc1c(C)cc(C(C)(C)c2cc(C)c(OCC(CSCCSCCSC)OC(=O)C=C)c(C)c2)cc1C)CSCCSCCSC. The maximum atomic E-state index is 12.1. The number of rotatable bonds is 28. The van der Waals surface area contributed by atoms with Crippen LogP contribution in [0.5, 0.6) is 11.5 Å². The van der Waals surface area contributed by atoms with E-state index in [1.807, 2.05) is 47.0 Å². The summed E-state index contributed by atoms with van der Waals surface area (Å²) in [4.78, 5) is 24.2. The van der Waals surface area contributed by atoms with Gasteiger partial charge in [0.25, 0.3) is 0 Å². The van der Waals surface area contributed by atoms with Crippen LogP contribution in [0.15, 0.2) is 49.6 Å². The van der Waals surface area contributed by atoms with Crippen molar-refractivity contribution in [3.63, 3.8) is 0 Å². The van der Waals surface area contributed by atoms with Gasteiger partial charge < -0.3 is 18.9 Å². The van der Waals surface area contributed by atoms with E-state index in [-0.39, 0.29) is 30.8 Å². The number of ether oxygens (including phenoxy) is 4. The van der Waals surface area contributed by atoms with Crippen molar-refractivity contribution >= 4 is 82.5 Å². The number of hydrogen-bond donors (Lipinski definition) is 0. The third-order valence-electron chi connectivity index (χ3n) is 8.31. The predicted molar refractivity (Wildman–Crippen MR) is 241 cm³/mol. The highest BCUT2D eigenvalue weighted by Crippen LogP contribution is 2.39. The lowest BCUT2D eigenvalue weighted by molar-refractivity contribution is -0.144. The molecule has 0 radical (unpaired) electrons. The lowest BCUT2D eigenvalue weighted by Crippen LogP contribution is -2.28. The number of carbonyl (C=O) groups is 2. The normalized spacial score (nSPS) is 12.5. The van der Waals surface area contributed by atoms with Gasteiger partial charge in [-0.3, -0.25) is 0 Å². The molecule has 2 aromatic carbocycles. The molecule has 0 bridgehead atoms. The van der Waals surface area contributed by atoms with Crippen LogP contribution in [-0.4, -0.2) is 107 Å². The molecule has 0 aliphatic heterocycles. The number of hydrogen-bond acceptors (Lipinski definition) is 12. The minimum absolute atomic E-state index is 0.278. The van der Waals surface area contributed by atoms with E-state index >= 15 is 0 Å². The summed E-state index contributed by atoms with van der Waals surface area (Å²) >= 11 is 11.2.